The summed E-state index contributed by atoms with van der Waals surface area (Å²) in [6.07, 6.45) is -0.851. The van der Waals surface area contributed by atoms with Crippen molar-refractivity contribution in [2.24, 2.45) is 11.7 Å². The number of imide groups is 1. The standard InChI is InChI=1S/C13H15N3O4/c14-11(17)9-6-15-10(9)12(18)16-13(19)20-7-8-4-2-1-3-5-8/h1-5,9-10,15H,6-7H2,(H2,14,17)(H,16,18,19)/t9-,10+/m1/s1. The van der Waals surface area contributed by atoms with Gasteiger partial charge in [-0.2, -0.15) is 0 Å². The Kier molecular flexibility index (Phi) is 4.31. The zero-order valence-electron chi connectivity index (χ0n) is 10.7. The van der Waals surface area contributed by atoms with Crippen molar-refractivity contribution in [1.82, 2.24) is 10.6 Å². The number of hydrogen-bond donors (Lipinski definition) is 3. The highest BCUT2D eigenvalue weighted by atomic mass is 16.5. The molecular weight excluding hydrogens is 262 g/mol. The van der Waals surface area contributed by atoms with E-state index in [2.05, 4.69) is 10.6 Å². The van der Waals surface area contributed by atoms with E-state index in [0.29, 0.717) is 6.54 Å². The van der Waals surface area contributed by atoms with Crippen molar-refractivity contribution in [1.29, 1.82) is 0 Å². The van der Waals surface area contributed by atoms with Crippen LogP contribution in [0.1, 0.15) is 5.56 Å². The summed E-state index contributed by atoms with van der Waals surface area (Å²) in [5.74, 6) is -1.77. The molecule has 7 heteroatoms. The van der Waals surface area contributed by atoms with Crippen LogP contribution in [0.15, 0.2) is 30.3 Å². The summed E-state index contributed by atoms with van der Waals surface area (Å²) in [5, 5.41) is 4.80. The average molecular weight is 277 g/mol. The molecule has 2 rings (SSSR count). The zero-order valence-corrected chi connectivity index (χ0v) is 10.7. The first-order chi connectivity index (χ1) is 9.58. The number of carbonyl (C=O) groups excluding carboxylic acids is 3. The molecule has 2 atom stereocenters. The SMILES string of the molecule is NC(=O)[C@@H]1CN[C@@H]1C(=O)NC(=O)OCc1ccccc1. The lowest BCUT2D eigenvalue weighted by molar-refractivity contribution is -0.134. The van der Waals surface area contributed by atoms with Crippen molar-refractivity contribution in [2.45, 2.75) is 12.6 Å². The molecule has 1 saturated heterocycles. The van der Waals surface area contributed by atoms with Gasteiger partial charge in [-0.1, -0.05) is 30.3 Å². The van der Waals surface area contributed by atoms with Crippen LogP contribution in [0.25, 0.3) is 0 Å². The van der Waals surface area contributed by atoms with Gasteiger partial charge in [0.05, 0.1) is 5.92 Å². The predicted molar refractivity (Wildman–Crippen MR) is 69.2 cm³/mol. The average Bonchev–Trinajstić information content (AvgIpc) is 2.35. The molecule has 1 aromatic carbocycles. The minimum absolute atomic E-state index is 0.0668. The highest BCUT2D eigenvalue weighted by Crippen LogP contribution is 2.12. The Balaban J connectivity index is 1.77. The van der Waals surface area contributed by atoms with E-state index in [1.807, 2.05) is 18.2 Å². The molecule has 1 aliphatic heterocycles. The Labute approximate surface area is 115 Å². The molecule has 1 fully saturated rings. The number of nitrogens with one attached hydrogen (secondary N) is 2. The van der Waals surface area contributed by atoms with Gasteiger partial charge in [-0.05, 0) is 5.56 Å². The first kappa shape index (κ1) is 14.0. The third kappa shape index (κ3) is 3.33. The van der Waals surface area contributed by atoms with E-state index in [4.69, 9.17) is 10.5 Å². The second-order valence-corrected chi connectivity index (χ2v) is 4.45. The number of amides is 3. The summed E-state index contributed by atoms with van der Waals surface area (Å²) in [6.45, 7) is 0.407. The van der Waals surface area contributed by atoms with E-state index in [9.17, 15) is 14.4 Å². The topological polar surface area (TPSA) is 111 Å². The fraction of sp³-hybridized carbons (Fsp3) is 0.308. The van der Waals surface area contributed by atoms with Crippen molar-refractivity contribution in [3.05, 3.63) is 35.9 Å². The van der Waals surface area contributed by atoms with Gasteiger partial charge < -0.3 is 15.8 Å². The summed E-state index contributed by atoms with van der Waals surface area (Å²) in [6, 6.07) is 8.31. The highest BCUT2D eigenvalue weighted by Gasteiger charge is 2.40. The molecule has 7 nitrogen and oxygen atoms in total. The second-order valence-electron chi connectivity index (χ2n) is 4.45. The number of primary amides is 1. The molecule has 1 aliphatic rings. The fourth-order valence-corrected chi connectivity index (χ4v) is 1.83. The van der Waals surface area contributed by atoms with Crippen LogP contribution in [0.2, 0.25) is 0 Å². The molecule has 0 unspecified atom stereocenters. The predicted octanol–water partition coefficient (Wildman–Crippen LogP) is -0.487. The minimum atomic E-state index is -0.851. The monoisotopic (exact) mass is 277 g/mol. The van der Waals surface area contributed by atoms with Gasteiger partial charge >= 0.3 is 6.09 Å². The molecule has 106 valence electrons. The molecule has 0 aliphatic carbocycles. The van der Waals surface area contributed by atoms with Gasteiger partial charge in [0.1, 0.15) is 12.6 Å². The van der Waals surface area contributed by atoms with Crippen LogP contribution in [0, 0.1) is 5.92 Å². The van der Waals surface area contributed by atoms with Crippen molar-refractivity contribution < 1.29 is 19.1 Å². The van der Waals surface area contributed by atoms with Crippen molar-refractivity contribution in [3.63, 3.8) is 0 Å². The van der Waals surface area contributed by atoms with Crippen LogP contribution in [-0.2, 0) is 20.9 Å². The molecule has 0 spiro atoms. The van der Waals surface area contributed by atoms with Crippen LogP contribution in [0.4, 0.5) is 4.79 Å². The summed E-state index contributed by atoms with van der Waals surface area (Å²) < 4.78 is 4.90. The molecule has 0 bridgehead atoms. The summed E-state index contributed by atoms with van der Waals surface area (Å²) >= 11 is 0. The van der Waals surface area contributed by atoms with Crippen LogP contribution in [0.3, 0.4) is 0 Å². The number of nitrogens with two attached hydrogens (primary N) is 1. The lowest BCUT2D eigenvalue weighted by atomic mass is 9.90. The van der Waals surface area contributed by atoms with E-state index >= 15 is 0 Å². The van der Waals surface area contributed by atoms with Gasteiger partial charge in [0.15, 0.2) is 0 Å². The van der Waals surface area contributed by atoms with Crippen LogP contribution in [0.5, 0.6) is 0 Å². The quantitative estimate of drug-likeness (QED) is 0.688. The fourth-order valence-electron chi connectivity index (χ4n) is 1.83. The van der Waals surface area contributed by atoms with E-state index in [0.717, 1.165) is 5.56 Å². The minimum Gasteiger partial charge on any atom is -0.444 e. The normalized spacial score (nSPS) is 20.6. The van der Waals surface area contributed by atoms with Gasteiger partial charge in [0, 0.05) is 6.54 Å². The Bertz CT molecular complexity index is 518. The Hall–Kier alpha value is -2.41. The smallest absolute Gasteiger partial charge is 0.414 e. The largest absolute Gasteiger partial charge is 0.444 e. The van der Waals surface area contributed by atoms with E-state index in [1.54, 1.807) is 12.1 Å². The van der Waals surface area contributed by atoms with Gasteiger partial charge in [-0.3, -0.25) is 14.9 Å². The second kappa shape index (κ2) is 6.16. The molecule has 1 aromatic rings. The summed E-state index contributed by atoms with van der Waals surface area (Å²) in [4.78, 5) is 34.1. The third-order valence-electron chi connectivity index (χ3n) is 3.05. The highest BCUT2D eigenvalue weighted by molar-refractivity contribution is 5.98. The first-order valence-corrected chi connectivity index (χ1v) is 6.12. The van der Waals surface area contributed by atoms with E-state index in [-0.39, 0.29) is 6.61 Å². The Morgan fingerprint density at radius 3 is 2.55 bits per heavy atom. The van der Waals surface area contributed by atoms with Gasteiger partial charge in [0.25, 0.3) is 0 Å². The lowest BCUT2D eigenvalue weighted by Crippen LogP contribution is -2.64. The van der Waals surface area contributed by atoms with Gasteiger partial charge in [0.2, 0.25) is 11.8 Å². The number of hydrogen-bond acceptors (Lipinski definition) is 5. The van der Waals surface area contributed by atoms with Gasteiger partial charge in [-0.15, -0.1) is 0 Å². The van der Waals surface area contributed by atoms with Crippen LogP contribution in [-0.4, -0.2) is 30.5 Å². The number of alkyl carbamates (subject to hydrolysis) is 1. The molecule has 4 N–H and O–H groups in total. The summed E-state index contributed by atoms with van der Waals surface area (Å²) in [7, 11) is 0. The maximum Gasteiger partial charge on any atom is 0.414 e. The van der Waals surface area contributed by atoms with Crippen molar-refractivity contribution >= 4 is 17.9 Å². The molecule has 0 aromatic heterocycles. The zero-order chi connectivity index (χ0) is 14.5. The first-order valence-electron chi connectivity index (χ1n) is 6.12. The number of rotatable bonds is 4. The van der Waals surface area contributed by atoms with Crippen LogP contribution >= 0.6 is 0 Å². The molecule has 0 radical (unpaired) electrons. The van der Waals surface area contributed by atoms with Crippen LogP contribution < -0.4 is 16.4 Å². The number of benzene rings is 1. The molecule has 1 heterocycles. The molecule has 0 saturated carbocycles. The lowest BCUT2D eigenvalue weighted by Gasteiger charge is -2.33. The van der Waals surface area contributed by atoms with Gasteiger partial charge in [-0.25, -0.2) is 4.79 Å². The van der Waals surface area contributed by atoms with Crippen molar-refractivity contribution in [2.75, 3.05) is 6.54 Å². The number of ether oxygens (including phenoxy) is 1. The molecular formula is C13H15N3O4. The molecule has 3 amide bonds. The third-order valence-corrected chi connectivity index (χ3v) is 3.05. The van der Waals surface area contributed by atoms with E-state index in [1.165, 1.54) is 0 Å². The number of carbonyl (C=O) groups is 3. The molecule has 20 heavy (non-hydrogen) atoms. The maximum atomic E-state index is 11.7. The summed E-state index contributed by atoms with van der Waals surface area (Å²) in [5.41, 5.74) is 5.93. The maximum absolute atomic E-state index is 11.7. The van der Waals surface area contributed by atoms with Crippen molar-refractivity contribution in [3.8, 4) is 0 Å². The Morgan fingerprint density at radius 2 is 2.00 bits per heavy atom. The Morgan fingerprint density at radius 1 is 1.30 bits per heavy atom. The van der Waals surface area contributed by atoms with E-state index < -0.39 is 29.9 Å².